The van der Waals surface area contributed by atoms with Crippen molar-refractivity contribution in [3.8, 4) is 0 Å². The van der Waals surface area contributed by atoms with Crippen LogP contribution in [0.15, 0.2) is 0 Å². The molecule has 3 amide bonds. The van der Waals surface area contributed by atoms with Gasteiger partial charge in [-0.05, 0) is 25.7 Å². The molecule has 0 atom stereocenters. The molecule has 0 saturated carbocycles. The highest BCUT2D eigenvalue weighted by atomic mass is 35.5. The molecule has 7 heteroatoms. The summed E-state index contributed by atoms with van der Waals surface area (Å²) in [5.41, 5.74) is 10.5. The van der Waals surface area contributed by atoms with E-state index < -0.39 is 11.4 Å². The molecule has 20 heavy (non-hydrogen) atoms. The summed E-state index contributed by atoms with van der Waals surface area (Å²) >= 11 is 0. The van der Waals surface area contributed by atoms with Crippen LogP contribution in [-0.2, 0) is 4.79 Å². The molecular weight excluding hydrogens is 280 g/mol. The molecule has 0 aromatic carbocycles. The van der Waals surface area contributed by atoms with E-state index in [9.17, 15) is 9.59 Å². The highest BCUT2D eigenvalue weighted by molar-refractivity contribution is 5.85. The third-order valence-electron chi connectivity index (χ3n) is 4.33. The van der Waals surface area contributed by atoms with Crippen LogP contribution >= 0.6 is 12.4 Å². The number of carbonyl (C=O) groups excluding carboxylic acids is 2. The van der Waals surface area contributed by atoms with Gasteiger partial charge in [0.2, 0.25) is 5.91 Å². The summed E-state index contributed by atoms with van der Waals surface area (Å²) in [6.07, 6.45) is 3.03. The summed E-state index contributed by atoms with van der Waals surface area (Å²) in [6.45, 7) is 5.72. The standard InChI is InChI=1S/C13H26N4O2.ClH/c1-3-13(4-2,9-14)11(18)17-7-5-10(6-8-17)16-12(15)19;/h10H,3-9,14H2,1-2H3,(H3,15,16,19);1H. The Labute approximate surface area is 127 Å². The predicted octanol–water partition coefficient (Wildman–Crippen LogP) is 0.833. The summed E-state index contributed by atoms with van der Waals surface area (Å²) in [5.74, 6) is 0.150. The van der Waals surface area contributed by atoms with Crippen molar-refractivity contribution >= 4 is 24.3 Å². The maximum Gasteiger partial charge on any atom is 0.312 e. The number of piperidine rings is 1. The van der Waals surface area contributed by atoms with Crippen LogP contribution in [0.5, 0.6) is 0 Å². The minimum absolute atomic E-state index is 0. The zero-order valence-corrected chi connectivity index (χ0v) is 13.2. The van der Waals surface area contributed by atoms with Crippen LogP contribution in [-0.4, -0.2) is 42.5 Å². The van der Waals surface area contributed by atoms with Crippen LogP contribution in [0.1, 0.15) is 39.5 Å². The average Bonchev–Trinajstić information content (AvgIpc) is 2.41. The molecule has 0 radical (unpaired) electrons. The monoisotopic (exact) mass is 306 g/mol. The van der Waals surface area contributed by atoms with Crippen LogP contribution in [0.25, 0.3) is 0 Å². The topological polar surface area (TPSA) is 101 Å². The first-order valence-corrected chi connectivity index (χ1v) is 7.04. The van der Waals surface area contributed by atoms with Crippen molar-refractivity contribution in [2.24, 2.45) is 16.9 Å². The summed E-state index contributed by atoms with van der Waals surface area (Å²) in [5, 5.41) is 2.70. The lowest BCUT2D eigenvalue weighted by molar-refractivity contribution is -0.143. The van der Waals surface area contributed by atoms with Crippen LogP contribution < -0.4 is 16.8 Å². The summed E-state index contributed by atoms with van der Waals surface area (Å²) in [6, 6.07) is -0.416. The molecule has 6 nitrogen and oxygen atoms in total. The van der Waals surface area contributed by atoms with Crippen molar-refractivity contribution in [2.45, 2.75) is 45.6 Å². The molecule has 1 aliphatic rings. The van der Waals surface area contributed by atoms with Crippen molar-refractivity contribution in [3.63, 3.8) is 0 Å². The van der Waals surface area contributed by atoms with Gasteiger partial charge in [-0.3, -0.25) is 4.79 Å². The number of rotatable bonds is 5. The first-order chi connectivity index (χ1) is 8.99. The molecule has 1 fully saturated rings. The lowest BCUT2D eigenvalue weighted by Crippen LogP contribution is -2.53. The summed E-state index contributed by atoms with van der Waals surface area (Å²) < 4.78 is 0. The van der Waals surface area contributed by atoms with E-state index in [1.165, 1.54) is 0 Å². The van der Waals surface area contributed by atoms with Crippen LogP contribution in [0, 0.1) is 5.41 Å². The van der Waals surface area contributed by atoms with E-state index in [1.807, 2.05) is 18.7 Å². The number of halogens is 1. The molecule has 0 unspecified atom stereocenters. The first kappa shape index (κ1) is 19.0. The fraction of sp³-hybridized carbons (Fsp3) is 0.846. The van der Waals surface area contributed by atoms with Gasteiger partial charge in [-0.1, -0.05) is 13.8 Å². The number of carbonyl (C=O) groups is 2. The molecule has 1 saturated heterocycles. The molecule has 1 rings (SSSR count). The van der Waals surface area contributed by atoms with Gasteiger partial charge in [-0.2, -0.15) is 0 Å². The van der Waals surface area contributed by atoms with Crippen molar-refractivity contribution in [2.75, 3.05) is 19.6 Å². The lowest BCUT2D eigenvalue weighted by atomic mass is 9.80. The molecule has 1 heterocycles. The van der Waals surface area contributed by atoms with Gasteiger partial charge in [0.15, 0.2) is 0 Å². The molecule has 0 aliphatic carbocycles. The maximum atomic E-state index is 12.6. The largest absolute Gasteiger partial charge is 0.352 e. The number of likely N-dealkylation sites (tertiary alicyclic amines) is 1. The Morgan fingerprint density at radius 2 is 1.75 bits per heavy atom. The molecule has 0 aromatic rings. The van der Waals surface area contributed by atoms with E-state index >= 15 is 0 Å². The van der Waals surface area contributed by atoms with Crippen molar-refractivity contribution < 1.29 is 9.59 Å². The van der Waals surface area contributed by atoms with Gasteiger partial charge >= 0.3 is 6.03 Å². The Kier molecular flexibility index (Phi) is 7.90. The van der Waals surface area contributed by atoms with E-state index in [1.54, 1.807) is 0 Å². The molecule has 0 bridgehead atoms. The van der Waals surface area contributed by atoms with Gasteiger partial charge in [-0.25, -0.2) is 4.79 Å². The third-order valence-corrected chi connectivity index (χ3v) is 4.33. The number of nitrogens with one attached hydrogen (secondary N) is 1. The fourth-order valence-electron chi connectivity index (χ4n) is 2.69. The summed E-state index contributed by atoms with van der Waals surface area (Å²) in [7, 11) is 0. The molecule has 1 aliphatic heterocycles. The SMILES string of the molecule is CCC(CC)(CN)C(=O)N1CCC(NC(N)=O)CC1.Cl. The molecule has 5 N–H and O–H groups in total. The number of nitrogens with two attached hydrogens (primary N) is 2. The number of urea groups is 1. The molecule has 118 valence electrons. The maximum absolute atomic E-state index is 12.6. The van der Waals surface area contributed by atoms with Crippen LogP contribution in [0.4, 0.5) is 4.79 Å². The van der Waals surface area contributed by atoms with E-state index in [0.29, 0.717) is 19.6 Å². The Morgan fingerprint density at radius 3 is 2.10 bits per heavy atom. The second-order valence-electron chi connectivity index (χ2n) is 5.27. The van der Waals surface area contributed by atoms with E-state index in [-0.39, 0.29) is 24.4 Å². The lowest BCUT2D eigenvalue weighted by Gasteiger charge is -2.39. The highest BCUT2D eigenvalue weighted by Gasteiger charge is 2.38. The summed E-state index contributed by atoms with van der Waals surface area (Å²) in [4.78, 5) is 25.2. The zero-order chi connectivity index (χ0) is 14.5. The molecule has 0 spiro atoms. The van der Waals surface area contributed by atoms with E-state index in [0.717, 1.165) is 25.7 Å². The minimum atomic E-state index is -0.497. The molecular formula is C13H27ClN4O2. The third kappa shape index (κ3) is 4.24. The fourth-order valence-corrected chi connectivity index (χ4v) is 2.69. The zero-order valence-electron chi connectivity index (χ0n) is 12.4. The van der Waals surface area contributed by atoms with Gasteiger partial charge < -0.3 is 21.7 Å². The smallest absolute Gasteiger partial charge is 0.312 e. The average molecular weight is 307 g/mol. The van der Waals surface area contributed by atoms with Gasteiger partial charge in [0, 0.05) is 25.7 Å². The Morgan fingerprint density at radius 1 is 1.25 bits per heavy atom. The first-order valence-electron chi connectivity index (χ1n) is 7.04. The number of amides is 3. The number of primary amides is 1. The highest BCUT2D eigenvalue weighted by Crippen LogP contribution is 2.29. The van der Waals surface area contributed by atoms with Gasteiger partial charge in [0.05, 0.1) is 5.41 Å². The van der Waals surface area contributed by atoms with Gasteiger partial charge in [0.25, 0.3) is 0 Å². The number of nitrogens with zero attached hydrogens (tertiary/aromatic N) is 1. The van der Waals surface area contributed by atoms with E-state index in [4.69, 9.17) is 11.5 Å². The molecule has 0 aromatic heterocycles. The minimum Gasteiger partial charge on any atom is -0.352 e. The van der Waals surface area contributed by atoms with Crippen molar-refractivity contribution in [3.05, 3.63) is 0 Å². The number of hydrogen-bond acceptors (Lipinski definition) is 3. The van der Waals surface area contributed by atoms with Gasteiger partial charge in [0.1, 0.15) is 0 Å². The predicted molar refractivity (Wildman–Crippen MR) is 81.6 cm³/mol. The van der Waals surface area contributed by atoms with Gasteiger partial charge in [-0.15, -0.1) is 12.4 Å². The Hall–Kier alpha value is -1.01. The second kappa shape index (κ2) is 8.32. The number of hydrogen-bond donors (Lipinski definition) is 3. The Balaban J connectivity index is 0.00000361. The van der Waals surface area contributed by atoms with E-state index in [2.05, 4.69) is 5.32 Å². The normalized spacial score (nSPS) is 16.4. The Bertz CT molecular complexity index is 318. The van der Waals surface area contributed by atoms with Crippen LogP contribution in [0.2, 0.25) is 0 Å². The van der Waals surface area contributed by atoms with Crippen LogP contribution in [0.3, 0.4) is 0 Å². The van der Waals surface area contributed by atoms with Crippen molar-refractivity contribution in [1.29, 1.82) is 0 Å². The quantitative estimate of drug-likeness (QED) is 0.701. The second-order valence-corrected chi connectivity index (χ2v) is 5.27. The van der Waals surface area contributed by atoms with Crippen molar-refractivity contribution in [1.82, 2.24) is 10.2 Å².